The summed E-state index contributed by atoms with van der Waals surface area (Å²) in [7, 11) is 1.77. The molecule has 0 amide bonds. The lowest BCUT2D eigenvalue weighted by Gasteiger charge is -2.36. The molecule has 5 rings (SSSR count). The molecule has 0 bridgehead atoms. The average molecular weight is 422 g/mol. The van der Waals surface area contributed by atoms with Crippen LogP contribution in [-0.2, 0) is 10.3 Å². The van der Waals surface area contributed by atoms with Gasteiger partial charge in [-0.3, -0.25) is 0 Å². The standard InChI is InChI=1S/C23H24ClN5O/c1-15-17(24)9-10-18-21(15)27-22(26-18)23(2)13-16(30-3)14-28(23)19-7-4-5-8-20(19)29-12-6-11-25-29/h4-12,16H,13-14H2,1-3H3,(H,26,27)/t16-,23?/m1/s1. The lowest BCUT2D eigenvalue weighted by molar-refractivity contribution is 0.113. The van der Waals surface area contributed by atoms with Crippen molar-refractivity contribution in [3.05, 3.63) is 71.3 Å². The first kappa shape index (κ1) is 19.2. The third-order valence-electron chi connectivity index (χ3n) is 6.22. The van der Waals surface area contributed by atoms with Crippen LogP contribution < -0.4 is 4.90 Å². The van der Waals surface area contributed by atoms with Crippen molar-refractivity contribution in [3.63, 3.8) is 0 Å². The van der Waals surface area contributed by atoms with E-state index in [9.17, 15) is 0 Å². The van der Waals surface area contributed by atoms with Gasteiger partial charge in [0.2, 0.25) is 0 Å². The summed E-state index contributed by atoms with van der Waals surface area (Å²) >= 11 is 6.35. The number of anilines is 1. The lowest BCUT2D eigenvalue weighted by Crippen LogP contribution is -2.40. The van der Waals surface area contributed by atoms with Crippen molar-refractivity contribution in [1.29, 1.82) is 0 Å². The van der Waals surface area contributed by atoms with E-state index in [1.54, 1.807) is 13.3 Å². The Bertz CT molecular complexity index is 1200. The largest absolute Gasteiger partial charge is 0.380 e. The monoisotopic (exact) mass is 421 g/mol. The number of rotatable bonds is 4. The van der Waals surface area contributed by atoms with Gasteiger partial charge in [0.05, 0.1) is 34.1 Å². The molecule has 30 heavy (non-hydrogen) atoms. The summed E-state index contributed by atoms with van der Waals surface area (Å²) in [5, 5.41) is 5.18. The van der Waals surface area contributed by atoms with Crippen molar-refractivity contribution >= 4 is 28.3 Å². The highest BCUT2D eigenvalue weighted by Crippen LogP contribution is 2.44. The molecule has 1 N–H and O–H groups in total. The summed E-state index contributed by atoms with van der Waals surface area (Å²) in [5.41, 5.74) is 4.65. The van der Waals surface area contributed by atoms with Gasteiger partial charge >= 0.3 is 0 Å². The fraction of sp³-hybridized carbons (Fsp3) is 0.304. The zero-order valence-corrected chi connectivity index (χ0v) is 18.0. The van der Waals surface area contributed by atoms with Gasteiger partial charge in [-0.05, 0) is 49.7 Å². The molecule has 0 saturated carbocycles. The third-order valence-corrected chi connectivity index (χ3v) is 6.63. The van der Waals surface area contributed by atoms with E-state index in [0.717, 1.165) is 51.8 Å². The molecule has 7 heteroatoms. The minimum Gasteiger partial charge on any atom is -0.380 e. The van der Waals surface area contributed by atoms with Gasteiger partial charge in [0.15, 0.2) is 0 Å². The summed E-state index contributed by atoms with van der Waals surface area (Å²) in [6.07, 6.45) is 4.68. The van der Waals surface area contributed by atoms with Crippen LogP contribution in [0.5, 0.6) is 0 Å². The number of aromatic nitrogens is 4. The van der Waals surface area contributed by atoms with Gasteiger partial charge in [-0.15, -0.1) is 0 Å². The molecule has 2 aromatic carbocycles. The highest BCUT2D eigenvalue weighted by atomic mass is 35.5. The van der Waals surface area contributed by atoms with Gasteiger partial charge in [-0.1, -0.05) is 23.7 Å². The van der Waals surface area contributed by atoms with Crippen LogP contribution in [0.15, 0.2) is 54.9 Å². The van der Waals surface area contributed by atoms with Crippen LogP contribution in [0, 0.1) is 6.92 Å². The van der Waals surface area contributed by atoms with Gasteiger partial charge in [0.25, 0.3) is 0 Å². The van der Waals surface area contributed by atoms with Crippen LogP contribution in [0.2, 0.25) is 5.02 Å². The number of para-hydroxylation sites is 2. The van der Waals surface area contributed by atoms with Crippen LogP contribution in [0.3, 0.4) is 0 Å². The predicted molar refractivity (Wildman–Crippen MR) is 120 cm³/mol. The van der Waals surface area contributed by atoms with Crippen molar-refractivity contribution in [2.75, 3.05) is 18.6 Å². The summed E-state index contributed by atoms with van der Waals surface area (Å²) in [5.74, 6) is 0.915. The van der Waals surface area contributed by atoms with Crippen molar-refractivity contribution in [2.45, 2.75) is 31.9 Å². The van der Waals surface area contributed by atoms with E-state index in [4.69, 9.17) is 21.3 Å². The van der Waals surface area contributed by atoms with Gasteiger partial charge in [-0.25, -0.2) is 9.67 Å². The molecular formula is C23H24ClN5O. The summed E-state index contributed by atoms with van der Waals surface area (Å²) < 4.78 is 7.70. The Balaban J connectivity index is 1.67. The molecule has 0 radical (unpaired) electrons. The summed E-state index contributed by atoms with van der Waals surface area (Å²) in [6.45, 7) is 5.00. The second kappa shape index (κ2) is 7.15. The molecule has 154 valence electrons. The zero-order valence-electron chi connectivity index (χ0n) is 17.3. The maximum atomic E-state index is 6.35. The van der Waals surface area contributed by atoms with Gasteiger partial charge in [-0.2, -0.15) is 5.10 Å². The van der Waals surface area contributed by atoms with E-state index < -0.39 is 0 Å². The Morgan fingerprint density at radius 3 is 2.70 bits per heavy atom. The molecule has 1 aliphatic rings. The Morgan fingerprint density at radius 1 is 1.17 bits per heavy atom. The number of hydrogen-bond donors (Lipinski definition) is 1. The Hall–Kier alpha value is -2.83. The normalized spacial score (nSPS) is 21.6. The number of H-pyrrole nitrogens is 1. The molecule has 4 aromatic rings. The lowest BCUT2D eigenvalue weighted by atomic mass is 9.96. The van der Waals surface area contributed by atoms with Gasteiger partial charge < -0.3 is 14.6 Å². The first-order valence-corrected chi connectivity index (χ1v) is 10.4. The number of nitrogens with one attached hydrogen (secondary N) is 1. The molecule has 2 atom stereocenters. The number of hydrogen-bond acceptors (Lipinski definition) is 4. The van der Waals surface area contributed by atoms with E-state index in [1.807, 2.05) is 42.1 Å². The number of benzene rings is 2. The molecule has 1 aliphatic heterocycles. The maximum Gasteiger partial charge on any atom is 0.133 e. The van der Waals surface area contributed by atoms with Gasteiger partial charge in [0, 0.05) is 37.5 Å². The van der Waals surface area contributed by atoms with Crippen molar-refractivity contribution in [1.82, 2.24) is 19.7 Å². The van der Waals surface area contributed by atoms with E-state index in [2.05, 4.69) is 40.1 Å². The molecule has 6 nitrogen and oxygen atoms in total. The molecule has 0 spiro atoms. The fourth-order valence-electron chi connectivity index (χ4n) is 4.51. The van der Waals surface area contributed by atoms with E-state index in [0.29, 0.717) is 0 Å². The molecule has 1 fully saturated rings. The van der Waals surface area contributed by atoms with Crippen LogP contribution in [0.25, 0.3) is 16.7 Å². The molecule has 0 aliphatic carbocycles. The summed E-state index contributed by atoms with van der Waals surface area (Å²) in [4.78, 5) is 10.9. The number of fused-ring (bicyclic) bond motifs is 1. The fourth-order valence-corrected chi connectivity index (χ4v) is 4.66. The van der Waals surface area contributed by atoms with Crippen LogP contribution in [0.4, 0.5) is 5.69 Å². The topological polar surface area (TPSA) is 59.0 Å². The van der Waals surface area contributed by atoms with E-state index >= 15 is 0 Å². The smallest absolute Gasteiger partial charge is 0.133 e. The third kappa shape index (κ3) is 2.90. The molecule has 1 saturated heterocycles. The molecule has 3 heterocycles. The Kier molecular flexibility index (Phi) is 4.56. The highest BCUT2D eigenvalue weighted by Gasteiger charge is 2.46. The summed E-state index contributed by atoms with van der Waals surface area (Å²) in [6, 6.07) is 14.2. The average Bonchev–Trinajstić information content (AvgIpc) is 3.49. The van der Waals surface area contributed by atoms with E-state index in [-0.39, 0.29) is 11.6 Å². The second-order valence-corrected chi connectivity index (χ2v) is 8.45. The molecule has 2 aromatic heterocycles. The number of halogens is 1. The SMILES string of the molecule is CO[C@H]1CN(c2ccccc2-n2cccn2)C(C)(c2nc3c(C)c(Cl)ccc3[nH]2)C1. The predicted octanol–water partition coefficient (Wildman–Crippen LogP) is 4.85. The van der Waals surface area contributed by atoms with Crippen LogP contribution in [0.1, 0.15) is 24.7 Å². The minimum absolute atomic E-state index is 0.0959. The molecule has 1 unspecified atom stereocenters. The first-order chi connectivity index (χ1) is 14.5. The molecular weight excluding hydrogens is 398 g/mol. The van der Waals surface area contributed by atoms with Crippen molar-refractivity contribution in [2.24, 2.45) is 0 Å². The first-order valence-electron chi connectivity index (χ1n) is 10.1. The highest BCUT2D eigenvalue weighted by molar-refractivity contribution is 6.32. The number of aryl methyl sites for hydroxylation is 1. The minimum atomic E-state index is -0.373. The number of ether oxygens (including phenoxy) is 1. The number of imidazole rings is 1. The Morgan fingerprint density at radius 2 is 1.97 bits per heavy atom. The quantitative estimate of drug-likeness (QED) is 0.511. The van der Waals surface area contributed by atoms with Gasteiger partial charge in [0.1, 0.15) is 5.82 Å². The number of methoxy groups -OCH3 is 1. The second-order valence-electron chi connectivity index (χ2n) is 8.04. The van der Waals surface area contributed by atoms with Crippen molar-refractivity contribution < 1.29 is 4.74 Å². The number of aromatic amines is 1. The van der Waals surface area contributed by atoms with Crippen LogP contribution >= 0.6 is 11.6 Å². The number of nitrogens with zero attached hydrogens (tertiary/aromatic N) is 4. The van der Waals surface area contributed by atoms with Crippen molar-refractivity contribution in [3.8, 4) is 5.69 Å². The van der Waals surface area contributed by atoms with Crippen LogP contribution in [-0.4, -0.2) is 39.5 Å². The van der Waals surface area contributed by atoms with E-state index in [1.165, 1.54) is 0 Å². The maximum absolute atomic E-state index is 6.35. The zero-order chi connectivity index (χ0) is 20.9. The Labute approximate surface area is 180 Å².